The van der Waals surface area contributed by atoms with Crippen LogP contribution in [0.15, 0.2) is 18.2 Å². The number of ether oxygens (including phenoxy) is 2. The molecule has 3 amide bonds. The molecule has 0 bridgehead atoms. The number of carbonyl (C=O) groups is 3. The van der Waals surface area contributed by atoms with Gasteiger partial charge in [0, 0.05) is 26.6 Å². The average Bonchev–Trinajstić information content (AvgIpc) is 3.27. The summed E-state index contributed by atoms with van der Waals surface area (Å²) in [5.74, 6) is -0.196. The molecule has 3 rings (SSSR count). The first-order valence-electron chi connectivity index (χ1n) is 10.5. The van der Waals surface area contributed by atoms with E-state index in [0.29, 0.717) is 37.6 Å². The number of cyclic esters (lactones) is 1. The second kappa shape index (κ2) is 9.84. The minimum atomic E-state index is -0.567. The Labute approximate surface area is 180 Å². The number of nitrogens with one attached hydrogen (secondary N) is 2. The molecular weight excluding hydrogens is 407 g/mol. The molecule has 2 heterocycles. The molecule has 2 saturated heterocycles. The fraction of sp³-hybridized carbons (Fsp3) is 0.571. The van der Waals surface area contributed by atoms with E-state index < -0.39 is 24.1 Å². The highest BCUT2D eigenvalue weighted by molar-refractivity contribution is 5.90. The van der Waals surface area contributed by atoms with Crippen LogP contribution < -0.4 is 20.4 Å². The Balaban J connectivity index is 1.61. The van der Waals surface area contributed by atoms with Crippen molar-refractivity contribution in [1.29, 1.82) is 0 Å². The van der Waals surface area contributed by atoms with Gasteiger partial charge in [-0.25, -0.2) is 14.0 Å². The van der Waals surface area contributed by atoms with Crippen molar-refractivity contribution in [3.8, 4) is 0 Å². The summed E-state index contributed by atoms with van der Waals surface area (Å²) in [6, 6.07) is 4.68. The number of amides is 3. The van der Waals surface area contributed by atoms with Crippen molar-refractivity contribution in [3.63, 3.8) is 0 Å². The number of anilines is 2. The molecule has 0 aromatic heterocycles. The quantitative estimate of drug-likeness (QED) is 0.679. The normalized spacial score (nSPS) is 23.0. The summed E-state index contributed by atoms with van der Waals surface area (Å²) in [4.78, 5) is 38.0. The van der Waals surface area contributed by atoms with Crippen LogP contribution in [0.25, 0.3) is 0 Å². The smallest absolute Gasteiger partial charge is 0.414 e. The number of halogens is 1. The van der Waals surface area contributed by atoms with Crippen LogP contribution in [0.4, 0.5) is 25.4 Å². The van der Waals surface area contributed by atoms with Crippen molar-refractivity contribution in [3.05, 3.63) is 24.0 Å². The lowest BCUT2D eigenvalue weighted by atomic mass is 9.98. The van der Waals surface area contributed by atoms with Gasteiger partial charge >= 0.3 is 12.2 Å². The van der Waals surface area contributed by atoms with Gasteiger partial charge in [0.2, 0.25) is 5.91 Å². The molecule has 0 aliphatic carbocycles. The lowest BCUT2D eigenvalue weighted by Gasteiger charge is -2.21. The Hall–Kier alpha value is -3.04. The summed E-state index contributed by atoms with van der Waals surface area (Å²) >= 11 is 0. The molecule has 2 aliphatic rings. The largest absolute Gasteiger partial charge is 0.450 e. The maximum absolute atomic E-state index is 14.9. The molecule has 3 atom stereocenters. The van der Waals surface area contributed by atoms with Crippen LogP contribution in [-0.2, 0) is 14.3 Å². The molecule has 0 saturated carbocycles. The van der Waals surface area contributed by atoms with Gasteiger partial charge in [0.25, 0.3) is 0 Å². The molecule has 0 spiro atoms. The summed E-state index contributed by atoms with van der Waals surface area (Å²) in [5, 5.41) is 5.36. The molecule has 1 aromatic carbocycles. The van der Waals surface area contributed by atoms with Crippen LogP contribution in [0.3, 0.4) is 0 Å². The molecular formula is C21H29FN4O5. The number of nitrogens with zero attached hydrogens (tertiary/aromatic N) is 2. The number of benzene rings is 1. The van der Waals surface area contributed by atoms with Crippen LogP contribution in [0, 0.1) is 17.7 Å². The molecule has 0 radical (unpaired) electrons. The van der Waals surface area contributed by atoms with Gasteiger partial charge in [-0.3, -0.25) is 9.69 Å². The SMILES string of the molecule is CCOC(=O)NC[C@@H]1CN(c2ccc(N3C[C@H](CNC(C)=O)OC3=O)cc2F)C[C@H]1C. The van der Waals surface area contributed by atoms with Crippen molar-refractivity contribution in [1.82, 2.24) is 10.6 Å². The van der Waals surface area contributed by atoms with Gasteiger partial charge in [-0.2, -0.15) is 0 Å². The van der Waals surface area contributed by atoms with Gasteiger partial charge < -0.3 is 25.0 Å². The third kappa shape index (κ3) is 5.56. The number of rotatable bonds is 7. The monoisotopic (exact) mass is 436 g/mol. The fourth-order valence-corrected chi connectivity index (χ4v) is 3.91. The summed E-state index contributed by atoms with van der Waals surface area (Å²) in [5.41, 5.74) is 0.862. The first-order valence-corrected chi connectivity index (χ1v) is 10.5. The van der Waals surface area contributed by atoms with E-state index in [9.17, 15) is 18.8 Å². The van der Waals surface area contributed by atoms with Crippen molar-refractivity contribution >= 4 is 29.5 Å². The minimum Gasteiger partial charge on any atom is -0.450 e. The van der Waals surface area contributed by atoms with Crippen LogP contribution in [-0.4, -0.2) is 63.5 Å². The predicted molar refractivity (Wildman–Crippen MR) is 113 cm³/mol. The Morgan fingerprint density at radius 2 is 2.00 bits per heavy atom. The van der Waals surface area contributed by atoms with E-state index in [-0.39, 0.29) is 30.8 Å². The van der Waals surface area contributed by atoms with Crippen molar-refractivity contribution < 1.29 is 28.2 Å². The second-order valence-electron chi connectivity index (χ2n) is 7.93. The predicted octanol–water partition coefficient (Wildman–Crippen LogP) is 2.11. The third-order valence-electron chi connectivity index (χ3n) is 5.59. The number of alkyl carbamates (subject to hydrolysis) is 1. The van der Waals surface area contributed by atoms with Crippen molar-refractivity contribution in [2.24, 2.45) is 11.8 Å². The maximum atomic E-state index is 14.9. The third-order valence-corrected chi connectivity index (χ3v) is 5.59. The molecule has 170 valence electrons. The van der Waals surface area contributed by atoms with E-state index in [2.05, 4.69) is 17.6 Å². The van der Waals surface area contributed by atoms with Gasteiger partial charge in [0.05, 0.1) is 31.1 Å². The lowest BCUT2D eigenvalue weighted by Crippen LogP contribution is -2.33. The van der Waals surface area contributed by atoms with Gasteiger partial charge in [0.15, 0.2) is 0 Å². The van der Waals surface area contributed by atoms with Crippen LogP contribution in [0.5, 0.6) is 0 Å². The molecule has 0 unspecified atom stereocenters. The standard InChI is InChI=1S/C21H29FN4O5/c1-4-30-20(28)24-8-15-11-25(10-13(15)2)19-6-5-16(7-18(19)22)26-12-17(31-21(26)29)9-23-14(3)27/h5-7,13,15,17H,4,8-12H2,1-3H3,(H,23,27)(H,24,28)/t13-,15-,17+/m1/s1. The zero-order valence-corrected chi connectivity index (χ0v) is 18.0. The molecule has 2 N–H and O–H groups in total. The van der Waals surface area contributed by atoms with Crippen molar-refractivity contribution in [2.45, 2.75) is 26.9 Å². The zero-order chi connectivity index (χ0) is 22.5. The highest BCUT2D eigenvalue weighted by atomic mass is 19.1. The van der Waals surface area contributed by atoms with E-state index >= 15 is 0 Å². The first-order chi connectivity index (χ1) is 14.8. The number of hydrogen-bond donors (Lipinski definition) is 2. The minimum absolute atomic E-state index is 0.173. The highest BCUT2D eigenvalue weighted by Gasteiger charge is 2.34. The van der Waals surface area contributed by atoms with Gasteiger partial charge in [-0.05, 0) is 37.0 Å². The van der Waals surface area contributed by atoms with Gasteiger partial charge in [-0.1, -0.05) is 6.92 Å². The highest BCUT2D eigenvalue weighted by Crippen LogP contribution is 2.32. The van der Waals surface area contributed by atoms with Crippen LogP contribution in [0.2, 0.25) is 0 Å². The molecule has 1 aromatic rings. The number of hydrogen-bond acceptors (Lipinski definition) is 6. The van der Waals surface area contributed by atoms with Crippen LogP contribution in [0.1, 0.15) is 20.8 Å². The summed E-state index contributed by atoms with van der Waals surface area (Å²) in [6.07, 6.45) is -1.49. The van der Waals surface area contributed by atoms with Crippen molar-refractivity contribution in [2.75, 3.05) is 49.1 Å². The summed E-state index contributed by atoms with van der Waals surface area (Å²) in [6.45, 7) is 7.70. The molecule has 10 heteroatoms. The fourth-order valence-electron chi connectivity index (χ4n) is 3.91. The molecule has 2 aliphatic heterocycles. The lowest BCUT2D eigenvalue weighted by molar-refractivity contribution is -0.119. The Bertz CT molecular complexity index is 836. The van der Waals surface area contributed by atoms with E-state index in [4.69, 9.17) is 9.47 Å². The Kier molecular flexibility index (Phi) is 7.19. The van der Waals surface area contributed by atoms with E-state index in [1.807, 2.05) is 4.90 Å². The van der Waals surface area contributed by atoms with E-state index in [1.165, 1.54) is 17.9 Å². The second-order valence-corrected chi connectivity index (χ2v) is 7.93. The molecule has 2 fully saturated rings. The van der Waals surface area contributed by atoms with Crippen LogP contribution >= 0.6 is 0 Å². The molecule has 9 nitrogen and oxygen atoms in total. The summed E-state index contributed by atoms with van der Waals surface area (Å²) < 4.78 is 25.1. The van der Waals surface area contributed by atoms with Gasteiger partial charge in [-0.15, -0.1) is 0 Å². The average molecular weight is 436 g/mol. The zero-order valence-electron chi connectivity index (χ0n) is 18.0. The Morgan fingerprint density at radius 1 is 1.23 bits per heavy atom. The maximum Gasteiger partial charge on any atom is 0.414 e. The summed E-state index contributed by atoms with van der Waals surface area (Å²) in [7, 11) is 0. The number of carbonyl (C=O) groups excluding carboxylic acids is 3. The van der Waals surface area contributed by atoms with E-state index in [0.717, 1.165) is 0 Å². The van der Waals surface area contributed by atoms with Gasteiger partial charge in [0.1, 0.15) is 11.9 Å². The topological polar surface area (TPSA) is 100 Å². The van der Waals surface area contributed by atoms with E-state index in [1.54, 1.807) is 19.1 Å². The Morgan fingerprint density at radius 3 is 2.68 bits per heavy atom. The first kappa shape index (κ1) is 22.6. The molecule has 31 heavy (non-hydrogen) atoms.